The highest BCUT2D eigenvalue weighted by Gasteiger charge is 2.35. The highest BCUT2D eigenvalue weighted by atomic mass is 19.3. The second-order valence-corrected chi connectivity index (χ2v) is 4.47. The monoisotopic (exact) mass is 253 g/mol. The zero-order valence-electron chi connectivity index (χ0n) is 9.81. The van der Waals surface area contributed by atoms with Crippen molar-refractivity contribution in [2.75, 3.05) is 5.32 Å². The molecule has 0 saturated heterocycles. The Morgan fingerprint density at radius 1 is 1.56 bits per heavy atom. The van der Waals surface area contributed by atoms with Crippen molar-refractivity contribution in [1.29, 1.82) is 0 Å². The maximum absolute atomic E-state index is 13.1. The lowest BCUT2D eigenvalue weighted by atomic mass is 10.0. The summed E-state index contributed by atoms with van der Waals surface area (Å²) in [5.74, 6) is 1.29. The number of aryl methyl sites for hydroxylation is 1. The van der Waals surface area contributed by atoms with Gasteiger partial charge in [0.1, 0.15) is 17.6 Å². The van der Waals surface area contributed by atoms with E-state index in [0.717, 1.165) is 5.69 Å². The molecule has 3 heterocycles. The van der Waals surface area contributed by atoms with Gasteiger partial charge in [-0.25, -0.2) is 13.5 Å². The molecule has 2 aromatic rings. The quantitative estimate of drug-likeness (QED) is 0.894. The molecule has 1 aliphatic rings. The van der Waals surface area contributed by atoms with Gasteiger partial charge in [0, 0.05) is 12.5 Å². The number of nitrogens with zero attached hydrogens (tertiary/aromatic N) is 2. The Hall–Kier alpha value is -1.85. The number of hydrogen-bond acceptors (Lipinski definition) is 3. The Morgan fingerprint density at radius 3 is 3.06 bits per heavy atom. The predicted octanol–water partition coefficient (Wildman–Crippen LogP) is 3.15. The van der Waals surface area contributed by atoms with Gasteiger partial charge in [0.2, 0.25) is 0 Å². The van der Waals surface area contributed by atoms with E-state index < -0.39 is 12.5 Å². The molecule has 0 saturated carbocycles. The van der Waals surface area contributed by atoms with Crippen LogP contribution in [0.15, 0.2) is 28.9 Å². The number of anilines is 1. The van der Waals surface area contributed by atoms with Gasteiger partial charge in [-0.05, 0) is 19.1 Å². The normalized spacial score (nSPS) is 22.9. The minimum absolute atomic E-state index is 0.234. The van der Waals surface area contributed by atoms with Crippen LogP contribution in [-0.4, -0.2) is 16.2 Å². The zero-order chi connectivity index (χ0) is 12.7. The third-order valence-corrected chi connectivity index (χ3v) is 3.15. The van der Waals surface area contributed by atoms with E-state index in [1.807, 2.05) is 0 Å². The molecule has 1 N–H and O–H groups in total. The molecule has 4 nitrogen and oxygen atoms in total. The van der Waals surface area contributed by atoms with Crippen molar-refractivity contribution in [3.05, 3.63) is 35.9 Å². The third kappa shape index (κ3) is 1.77. The van der Waals surface area contributed by atoms with Crippen molar-refractivity contribution < 1.29 is 13.2 Å². The largest absolute Gasteiger partial charge is 0.467 e. The SMILES string of the molecule is Cc1cc2n(n1)[C@H](C(F)F)C[C@@H](c1ccco1)N2. The lowest BCUT2D eigenvalue weighted by molar-refractivity contribution is 0.0644. The molecule has 0 aliphatic carbocycles. The van der Waals surface area contributed by atoms with Crippen molar-refractivity contribution in [3.8, 4) is 0 Å². The van der Waals surface area contributed by atoms with Crippen LogP contribution in [0, 0.1) is 6.92 Å². The van der Waals surface area contributed by atoms with Crippen molar-refractivity contribution in [2.24, 2.45) is 0 Å². The summed E-state index contributed by atoms with van der Waals surface area (Å²) in [6.45, 7) is 1.79. The molecule has 18 heavy (non-hydrogen) atoms. The van der Waals surface area contributed by atoms with Crippen molar-refractivity contribution in [1.82, 2.24) is 9.78 Å². The first-order valence-electron chi connectivity index (χ1n) is 5.79. The van der Waals surface area contributed by atoms with Gasteiger partial charge in [-0.15, -0.1) is 0 Å². The number of halogens is 2. The van der Waals surface area contributed by atoms with Crippen LogP contribution in [0.25, 0.3) is 0 Å². The van der Waals surface area contributed by atoms with E-state index in [1.54, 1.807) is 31.4 Å². The van der Waals surface area contributed by atoms with E-state index in [2.05, 4.69) is 10.4 Å². The van der Waals surface area contributed by atoms with E-state index in [-0.39, 0.29) is 12.5 Å². The predicted molar refractivity (Wildman–Crippen MR) is 61.7 cm³/mol. The van der Waals surface area contributed by atoms with E-state index in [0.29, 0.717) is 11.6 Å². The molecule has 0 fully saturated rings. The van der Waals surface area contributed by atoms with Crippen LogP contribution in [0.5, 0.6) is 0 Å². The summed E-state index contributed by atoms with van der Waals surface area (Å²) in [6.07, 6.45) is -0.632. The topological polar surface area (TPSA) is 43.0 Å². The van der Waals surface area contributed by atoms with Crippen LogP contribution in [0.3, 0.4) is 0 Å². The molecular formula is C12H13F2N3O. The number of rotatable bonds is 2. The lowest BCUT2D eigenvalue weighted by Crippen LogP contribution is -2.30. The van der Waals surface area contributed by atoms with Gasteiger partial charge >= 0.3 is 0 Å². The van der Waals surface area contributed by atoms with E-state index in [1.165, 1.54) is 4.68 Å². The first-order chi connectivity index (χ1) is 8.65. The fourth-order valence-electron chi connectivity index (χ4n) is 2.34. The minimum Gasteiger partial charge on any atom is -0.467 e. The average Bonchev–Trinajstić information content (AvgIpc) is 2.93. The van der Waals surface area contributed by atoms with Gasteiger partial charge in [0.25, 0.3) is 6.43 Å². The molecule has 0 radical (unpaired) electrons. The fourth-order valence-corrected chi connectivity index (χ4v) is 2.34. The van der Waals surface area contributed by atoms with Gasteiger partial charge in [0.05, 0.1) is 18.0 Å². The van der Waals surface area contributed by atoms with Crippen LogP contribution in [-0.2, 0) is 0 Å². The van der Waals surface area contributed by atoms with Crippen LogP contribution in [0.2, 0.25) is 0 Å². The molecule has 0 aromatic carbocycles. The first-order valence-corrected chi connectivity index (χ1v) is 5.79. The van der Waals surface area contributed by atoms with Crippen LogP contribution in [0.4, 0.5) is 14.6 Å². The molecule has 2 aromatic heterocycles. The molecule has 0 bridgehead atoms. The molecule has 3 rings (SSSR count). The first kappa shape index (κ1) is 11.3. The van der Waals surface area contributed by atoms with Crippen molar-refractivity contribution >= 4 is 5.82 Å². The number of furan rings is 1. The average molecular weight is 253 g/mol. The molecule has 0 amide bonds. The Balaban J connectivity index is 1.97. The molecule has 2 atom stereocenters. The van der Waals surface area contributed by atoms with Gasteiger partial charge in [-0.3, -0.25) is 0 Å². The Labute approximate surface area is 103 Å². The highest BCUT2D eigenvalue weighted by Crippen LogP contribution is 2.38. The summed E-state index contributed by atoms with van der Waals surface area (Å²) >= 11 is 0. The maximum Gasteiger partial charge on any atom is 0.260 e. The summed E-state index contributed by atoms with van der Waals surface area (Å²) < 4.78 is 32.9. The Bertz CT molecular complexity index is 536. The second kappa shape index (κ2) is 4.12. The van der Waals surface area contributed by atoms with Crippen LogP contribution < -0.4 is 5.32 Å². The fraction of sp³-hybridized carbons (Fsp3) is 0.417. The van der Waals surface area contributed by atoms with Crippen LogP contribution >= 0.6 is 0 Å². The summed E-state index contributed by atoms with van der Waals surface area (Å²) in [5.41, 5.74) is 0.725. The summed E-state index contributed by atoms with van der Waals surface area (Å²) in [4.78, 5) is 0. The number of aromatic nitrogens is 2. The Morgan fingerprint density at radius 2 is 2.39 bits per heavy atom. The zero-order valence-corrected chi connectivity index (χ0v) is 9.81. The van der Waals surface area contributed by atoms with Crippen molar-refractivity contribution in [3.63, 3.8) is 0 Å². The Kier molecular flexibility index (Phi) is 2.57. The standard InChI is InChI=1S/C12H13F2N3O/c1-7-5-11-15-8(10-3-2-4-18-10)6-9(12(13)14)17(11)16-7/h2-5,8-9,12,15H,6H2,1H3/t8-,9-/m0/s1. The third-order valence-electron chi connectivity index (χ3n) is 3.15. The van der Waals surface area contributed by atoms with Gasteiger partial charge in [-0.2, -0.15) is 5.10 Å². The number of hydrogen-bond donors (Lipinski definition) is 1. The molecular weight excluding hydrogens is 240 g/mol. The lowest BCUT2D eigenvalue weighted by Gasteiger charge is -2.30. The number of alkyl halides is 2. The summed E-state index contributed by atoms with van der Waals surface area (Å²) in [7, 11) is 0. The second-order valence-electron chi connectivity index (χ2n) is 4.47. The molecule has 96 valence electrons. The van der Waals surface area contributed by atoms with Gasteiger partial charge < -0.3 is 9.73 Å². The summed E-state index contributed by atoms with van der Waals surface area (Å²) in [6, 6.07) is 4.17. The summed E-state index contributed by atoms with van der Waals surface area (Å²) in [5, 5.41) is 7.29. The highest BCUT2D eigenvalue weighted by molar-refractivity contribution is 5.42. The molecule has 0 spiro atoms. The smallest absolute Gasteiger partial charge is 0.260 e. The van der Waals surface area contributed by atoms with E-state index in [4.69, 9.17) is 4.42 Å². The van der Waals surface area contributed by atoms with E-state index in [9.17, 15) is 8.78 Å². The molecule has 6 heteroatoms. The van der Waals surface area contributed by atoms with Crippen LogP contribution in [0.1, 0.15) is 30.0 Å². The van der Waals surface area contributed by atoms with Gasteiger partial charge in [0.15, 0.2) is 0 Å². The number of fused-ring (bicyclic) bond motifs is 1. The van der Waals surface area contributed by atoms with E-state index >= 15 is 0 Å². The molecule has 1 aliphatic heterocycles. The number of nitrogens with one attached hydrogen (secondary N) is 1. The van der Waals surface area contributed by atoms with Gasteiger partial charge in [-0.1, -0.05) is 0 Å². The molecule has 0 unspecified atom stereocenters. The van der Waals surface area contributed by atoms with Crippen molar-refractivity contribution in [2.45, 2.75) is 31.9 Å². The minimum atomic E-state index is -2.44. The maximum atomic E-state index is 13.1.